The molecule has 0 spiro atoms. The molecule has 4 nitrogen and oxygen atoms in total. The molecule has 0 saturated heterocycles. The Morgan fingerprint density at radius 2 is 1.95 bits per heavy atom. The summed E-state index contributed by atoms with van der Waals surface area (Å²) in [7, 11) is 0. The Hall–Kier alpha value is -1.68. The van der Waals surface area contributed by atoms with E-state index in [2.05, 4.69) is 29.1 Å². The van der Waals surface area contributed by atoms with Crippen molar-refractivity contribution in [2.24, 2.45) is 5.92 Å². The SMILES string of the molecule is CC(C)CCOCCNc1cnc2ccccc2n1. The van der Waals surface area contributed by atoms with E-state index in [9.17, 15) is 0 Å². The van der Waals surface area contributed by atoms with Crippen LogP contribution in [-0.4, -0.2) is 29.7 Å². The van der Waals surface area contributed by atoms with Gasteiger partial charge in [0.2, 0.25) is 0 Å². The van der Waals surface area contributed by atoms with Crippen LogP contribution >= 0.6 is 0 Å². The van der Waals surface area contributed by atoms with Gasteiger partial charge in [0.15, 0.2) is 0 Å². The molecule has 0 atom stereocenters. The molecule has 0 aliphatic carbocycles. The fourth-order valence-corrected chi connectivity index (χ4v) is 1.71. The molecule has 0 amide bonds. The van der Waals surface area contributed by atoms with Gasteiger partial charge < -0.3 is 10.1 Å². The molecule has 102 valence electrons. The zero-order chi connectivity index (χ0) is 13.5. The van der Waals surface area contributed by atoms with Gasteiger partial charge in [0.05, 0.1) is 23.8 Å². The Labute approximate surface area is 114 Å². The van der Waals surface area contributed by atoms with Gasteiger partial charge in [-0.2, -0.15) is 0 Å². The van der Waals surface area contributed by atoms with E-state index in [1.54, 1.807) is 6.20 Å². The molecule has 1 aromatic heterocycles. The zero-order valence-electron chi connectivity index (χ0n) is 11.6. The predicted octanol–water partition coefficient (Wildman–Crippen LogP) is 3.10. The molecule has 0 unspecified atom stereocenters. The number of hydrogen-bond acceptors (Lipinski definition) is 4. The number of fused-ring (bicyclic) bond motifs is 1. The number of anilines is 1. The van der Waals surface area contributed by atoms with Crippen LogP contribution in [-0.2, 0) is 4.74 Å². The van der Waals surface area contributed by atoms with Gasteiger partial charge in [0.25, 0.3) is 0 Å². The van der Waals surface area contributed by atoms with E-state index in [0.29, 0.717) is 12.5 Å². The van der Waals surface area contributed by atoms with Crippen molar-refractivity contribution >= 4 is 16.9 Å². The largest absolute Gasteiger partial charge is 0.380 e. The fourth-order valence-electron chi connectivity index (χ4n) is 1.71. The van der Waals surface area contributed by atoms with E-state index in [1.165, 1.54) is 0 Å². The molecule has 0 aliphatic rings. The Kier molecular flexibility index (Phi) is 5.10. The number of para-hydroxylation sites is 2. The monoisotopic (exact) mass is 259 g/mol. The van der Waals surface area contributed by atoms with Crippen LogP contribution in [0.1, 0.15) is 20.3 Å². The summed E-state index contributed by atoms with van der Waals surface area (Å²) < 4.78 is 5.54. The number of nitrogens with one attached hydrogen (secondary N) is 1. The summed E-state index contributed by atoms with van der Waals surface area (Å²) in [4.78, 5) is 8.85. The van der Waals surface area contributed by atoms with Crippen molar-refractivity contribution < 1.29 is 4.74 Å². The van der Waals surface area contributed by atoms with E-state index in [1.807, 2.05) is 24.3 Å². The highest BCUT2D eigenvalue weighted by molar-refractivity contribution is 5.75. The fraction of sp³-hybridized carbons (Fsp3) is 0.467. The molecule has 4 heteroatoms. The minimum Gasteiger partial charge on any atom is -0.380 e. The highest BCUT2D eigenvalue weighted by Crippen LogP contribution is 2.10. The number of nitrogens with zero attached hydrogens (tertiary/aromatic N) is 2. The lowest BCUT2D eigenvalue weighted by molar-refractivity contribution is 0.132. The van der Waals surface area contributed by atoms with Gasteiger partial charge in [-0.25, -0.2) is 4.98 Å². The average Bonchev–Trinajstić information content (AvgIpc) is 2.42. The number of rotatable bonds is 7. The average molecular weight is 259 g/mol. The quantitative estimate of drug-likeness (QED) is 0.776. The molecule has 2 rings (SSSR count). The third-order valence-corrected chi connectivity index (χ3v) is 2.84. The summed E-state index contributed by atoms with van der Waals surface area (Å²) in [5.41, 5.74) is 1.83. The molecule has 1 aromatic carbocycles. The van der Waals surface area contributed by atoms with Crippen molar-refractivity contribution in [3.8, 4) is 0 Å². The van der Waals surface area contributed by atoms with E-state index in [0.717, 1.165) is 36.4 Å². The first-order valence-electron chi connectivity index (χ1n) is 6.79. The summed E-state index contributed by atoms with van der Waals surface area (Å²) in [5, 5.41) is 3.23. The highest BCUT2D eigenvalue weighted by atomic mass is 16.5. The van der Waals surface area contributed by atoms with Crippen molar-refractivity contribution in [3.05, 3.63) is 30.5 Å². The summed E-state index contributed by atoms with van der Waals surface area (Å²) in [6, 6.07) is 7.86. The standard InChI is InChI=1S/C15H21N3O/c1-12(2)7-9-19-10-8-16-15-11-17-13-5-3-4-6-14(13)18-15/h3-6,11-12H,7-10H2,1-2H3,(H,16,18). The van der Waals surface area contributed by atoms with Crippen molar-refractivity contribution in [3.63, 3.8) is 0 Å². The predicted molar refractivity (Wildman–Crippen MR) is 78.3 cm³/mol. The summed E-state index contributed by atoms with van der Waals surface area (Å²) >= 11 is 0. The third kappa shape index (κ3) is 4.48. The van der Waals surface area contributed by atoms with Crippen LogP contribution in [0.5, 0.6) is 0 Å². The van der Waals surface area contributed by atoms with E-state index < -0.39 is 0 Å². The minimum atomic E-state index is 0.694. The van der Waals surface area contributed by atoms with Gasteiger partial charge in [0.1, 0.15) is 5.82 Å². The van der Waals surface area contributed by atoms with Gasteiger partial charge in [0, 0.05) is 13.2 Å². The zero-order valence-corrected chi connectivity index (χ0v) is 11.6. The summed E-state index contributed by atoms with van der Waals surface area (Å²) in [6.45, 7) is 6.67. The maximum Gasteiger partial charge on any atom is 0.145 e. The van der Waals surface area contributed by atoms with Gasteiger partial charge in [-0.05, 0) is 24.5 Å². The number of ether oxygens (including phenoxy) is 1. The Morgan fingerprint density at radius 1 is 1.16 bits per heavy atom. The van der Waals surface area contributed by atoms with Gasteiger partial charge >= 0.3 is 0 Å². The second-order valence-corrected chi connectivity index (χ2v) is 4.97. The summed E-state index contributed by atoms with van der Waals surface area (Å²) in [5.74, 6) is 1.49. The minimum absolute atomic E-state index is 0.694. The van der Waals surface area contributed by atoms with Crippen LogP contribution < -0.4 is 5.32 Å². The molecule has 0 fully saturated rings. The Morgan fingerprint density at radius 3 is 2.74 bits per heavy atom. The Balaban J connectivity index is 1.75. The van der Waals surface area contributed by atoms with E-state index in [4.69, 9.17) is 4.74 Å². The van der Waals surface area contributed by atoms with Crippen LogP contribution in [0.3, 0.4) is 0 Å². The first kappa shape index (κ1) is 13.7. The van der Waals surface area contributed by atoms with Crippen molar-refractivity contribution in [2.45, 2.75) is 20.3 Å². The van der Waals surface area contributed by atoms with Gasteiger partial charge in [-0.15, -0.1) is 0 Å². The van der Waals surface area contributed by atoms with E-state index >= 15 is 0 Å². The first-order valence-corrected chi connectivity index (χ1v) is 6.79. The molecule has 1 N–H and O–H groups in total. The lowest BCUT2D eigenvalue weighted by Crippen LogP contribution is -2.11. The van der Waals surface area contributed by atoms with Crippen LogP contribution in [0, 0.1) is 5.92 Å². The molecule has 0 radical (unpaired) electrons. The number of hydrogen-bond donors (Lipinski definition) is 1. The molecule has 19 heavy (non-hydrogen) atoms. The topological polar surface area (TPSA) is 47.0 Å². The smallest absolute Gasteiger partial charge is 0.145 e. The number of aromatic nitrogens is 2. The molecule has 2 aromatic rings. The Bertz CT molecular complexity index is 513. The van der Waals surface area contributed by atoms with Crippen LogP contribution in [0.2, 0.25) is 0 Å². The second-order valence-electron chi connectivity index (χ2n) is 4.97. The van der Waals surface area contributed by atoms with Gasteiger partial charge in [-0.1, -0.05) is 26.0 Å². The molecule has 0 bridgehead atoms. The molecule has 0 aliphatic heterocycles. The van der Waals surface area contributed by atoms with E-state index in [-0.39, 0.29) is 0 Å². The first-order chi connectivity index (χ1) is 9.25. The molecular weight excluding hydrogens is 238 g/mol. The second kappa shape index (κ2) is 7.04. The molecule has 1 heterocycles. The van der Waals surface area contributed by atoms with Crippen molar-refractivity contribution in [1.82, 2.24) is 9.97 Å². The van der Waals surface area contributed by atoms with Crippen LogP contribution in [0.15, 0.2) is 30.5 Å². The van der Waals surface area contributed by atoms with Crippen LogP contribution in [0.25, 0.3) is 11.0 Å². The number of benzene rings is 1. The maximum atomic E-state index is 5.54. The van der Waals surface area contributed by atoms with Crippen molar-refractivity contribution in [2.75, 3.05) is 25.1 Å². The maximum absolute atomic E-state index is 5.54. The van der Waals surface area contributed by atoms with Crippen LogP contribution in [0.4, 0.5) is 5.82 Å². The lowest BCUT2D eigenvalue weighted by atomic mass is 10.1. The normalized spacial score (nSPS) is 11.1. The lowest BCUT2D eigenvalue weighted by Gasteiger charge is -2.08. The molecular formula is C15H21N3O. The molecule has 0 saturated carbocycles. The summed E-state index contributed by atoms with van der Waals surface area (Å²) in [6.07, 6.45) is 2.87. The van der Waals surface area contributed by atoms with Gasteiger partial charge in [-0.3, -0.25) is 4.98 Å². The third-order valence-electron chi connectivity index (χ3n) is 2.84. The highest BCUT2D eigenvalue weighted by Gasteiger charge is 1.98. The van der Waals surface area contributed by atoms with Crippen molar-refractivity contribution in [1.29, 1.82) is 0 Å².